The molecule has 1 atom stereocenters. The van der Waals surface area contributed by atoms with Gasteiger partial charge in [0.2, 0.25) is 5.91 Å². The highest BCUT2D eigenvalue weighted by molar-refractivity contribution is 6.34. The number of fused-ring (bicyclic) bond motifs is 1. The Morgan fingerprint density at radius 1 is 0.943 bits per heavy atom. The second-order valence-corrected chi connectivity index (χ2v) is 8.56. The first-order chi connectivity index (χ1) is 16.9. The van der Waals surface area contributed by atoms with Crippen molar-refractivity contribution in [1.82, 2.24) is 0 Å². The third-order valence-corrected chi connectivity index (χ3v) is 6.23. The first-order valence-corrected chi connectivity index (χ1v) is 11.2. The van der Waals surface area contributed by atoms with Gasteiger partial charge in [-0.05, 0) is 54.6 Å². The molecule has 2 heterocycles. The fraction of sp³-hybridized carbons (Fsp3) is 0.154. The Bertz CT molecular complexity index is 1340. The number of rotatable bonds is 5. The Morgan fingerprint density at radius 2 is 1.60 bits per heavy atom. The molecule has 0 aliphatic carbocycles. The minimum atomic E-state index is -0.679. The highest BCUT2D eigenvalue weighted by Crippen LogP contribution is 2.36. The van der Waals surface area contributed by atoms with E-state index in [1.807, 2.05) is 0 Å². The topological polar surface area (TPSA) is 93.2 Å². The third kappa shape index (κ3) is 4.02. The van der Waals surface area contributed by atoms with E-state index in [1.54, 1.807) is 42.5 Å². The standard InChI is InChI=1S/C26H19ClN2O6/c1-34-22-11-6-16(27)13-21(22)28-14-15(12-23(28)30)26(33)35-18-9-7-17(8-10-18)29-24(31)19-4-2-3-5-20(19)25(29)32/h2-11,13,15H,12,14H2,1H3/t15-/m0/s1. The Morgan fingerprint density at radius 3 is 2.23 bits per heavy atom. The van der Waals surface area contributed by atoms with E-state index in [2.05, 4.69) is 0 Å². The molecule has 2 aliphatic heterocycles. The lowest BCUT2D eigenvalue weighted by Gasteiger charge is -2.19. The number of halogens is 1. The van der Waals surface area contributed by atoms with Gasteiger partial charge in [-0.3, -0.25) is 19.2 Å². The van der Waals surface area contributed by atoms with Crippen LogP contribution in [0.1, 0.15) is 27.1 Å². The average Bonchev–Trinajstić information content (AvgIpc) is 3.37. The number of benzene rings is 3. The Balaban J connectivity index is 1.28. The maximum absolute atomic E-state index is 12.8. The number of ether oxygens (including phenoxy) is 2. The number of anilines is 2. The van der Waals surface area contributed by atoms with Crippen LogP contribution in [0.15, 0.2) is 66.7 Å². The molecule has 3 aromatic rings. The minimum absolute atomic E-state index is 0.0123. The monoisotopic (exact) mass is 490 g/mol. The smallest absolute Gasteiger partial charge is 0.316 e. The summed E-state index contributed by atoms with van der Waals surface area (Å²) in [5.74, 6) is -1.58. The molecular weight excluding hydrogens is 472 g/mol. The molecule has 0 unspecified atom stereocenters. The molecule has 1 saturated heterocycles. The van der Waals surface area contributed by atoms with Gasteiger partial charge in [0.05, 0.1) is 35.5 Å². The molecule has 0 N–H and O–H groups in total. The van der Waals surface area contributed by atoms with E-state index in [1.165, 1.54) is 36.3 Å². The van der Waals surface area contributed by atoms with Gasteiger partial charge >= 0.3 is 5.97 Å². The normalized spacial score (nSPS) is 17.1. The van der Waals surface area contributed by atoms with Crippen molar-refractivity contribution in [2.45, 2.75) is 6.42 Å². The zero-order chi connectivity index (χ0) is 24.7. The molecule has 0 aromatic heterocycles. The fourth-order valence-corrected chi connectivity index (χ4v) is 4.43. The van der Waals surface area contributed by atoms with E-state index in [0.717, 1.165) is 4.90 Å². The number of imide groups is 1. The second kappa shape index (κ2) is 8.88. The van der Waals surface area contributed by atoms with Crippen LogP contribution in [0.2, 0.25) is 5.02 Å². The zero-order valence-electron chi connectivity index (χ0n) is 18.6. The van der Waals surface area contributed by atoms with Gasteiger partial charge in [-0.15, -0.1) is 0 Å². The summed E-state index contributed by atoms with van der Waals surface area (Å²) in [4.78, 5) is 53.3. The summed E-state index contributed by atoms with van der Waals surface area (Å²) in [5.41, 5.74) is 1.55. The van der Waals surface area contributed by atoms with E-state index in [4.69, 9.17) is 21.1 Å². The lowest BCUT2D eigenvalue weighted by molar-refractivity contribution is -0.139. The van der Waals surface area contributed by atoms with Gasteiger partial charge in [0.25, 0.3) is 11.8 Å². The maximum Gasteiger partial charge on any atom is 0.316 e. The van der Waals surface area contributed by atoms with Crippen molar-refractivity contribution in [2.24, 2.45) is 5.92 Å². The molecular formula is C26H19ClN2O6. The Kier molecular flexibility index (Phi) is 5.74. The lowest BCUT2D eigenvalue weighted by Crippen LogP contribution is -2.29. The van der Waals surface area contributed by atoms with Gasteiger partial charge in [-0.1, -0.05) is 23.7 Å². The molecule has 0 saturated carbocycles. The van der Waals surface area contributed by atoms with Crippen molar-refractivity contribution < 1.29 is 28.7 Å². The molecule has 0 radical (unpaired) electrons. The predicted octanol–water partition coefficient (Wildman–Crippen LogP) is 4.11. The number of hydrogen-bond acceptors (Lipinski definition) is 6. The maximum atomic E-state index is 12.8. The third-order valence-electron chi connectivity index (χ3n) is 6.00. The van der Waals surface area contributed by atoms with Gasteiger partial charge in [0.15, 0.2) is 0 Å². The van der Waals surface area contributed by atoms with Crippen LogP contribution >= 0.6 is 11.6 Å². The van der Waals surface area contributed by atoms with Crippen LogP contribution < -0.4 is 19.3 Å². The molecule has 3 aromatic carbocycles. The quantitative estimate of drug-likeness (QED) is 0.303. The summed E-state index contributed by atoms with van der Waals surface area (Å²) in [6, 6.07) is 17.6. The van der Waals surface area contributed by atoms with Crippen LogP contribution in [0.25, 0.3) is 0 Å². The minimum Gasteiger partial charge on any atom is -0.495 e. The average molecular weight is 491 g/mol. The van der Waals surface area contributed by atoms with Gasteiger partial charge in [-0.25, -0.2) is 4.90 Å². The van der Waals surface area contributed by atoms with Gasteiger partial charge < -0.3 is 14.4 Å². The molecule has 0 spiro atoms. The molecule has 2 aliphatic rings. The lowest BCUT2D eigenvalue weighted by atomic mass is 10.1. The highest BCUT2D eigenvalue weighted by Gasteiger charge is 2.38. The summed E-state index contributed by atoms with van der Waals surface area (Å²) in [6.45, 7) is 0.126. The van der Waals surface area contributed by atoms with E-state index < -0.39 is 23.7 Å². The van der Waals surface area contributed by atoms with E-state index in [-0.39, 0.29) is 24.6 Å². The Hall–Kier alpha value is -4.17. The molecule has 1 fully saturated rings. The fourth-order valence-electron chi connectivity index (χ4n) is 4.26. The van der Waals surface area contributed by atoms with E-state index in [0.29, 0.717) is 33.3 Å². The van der Waals surface area contributed by atoms with Crippen molar-refractivity contribution in [2.75, 3.05) is 23.5 Å². The molecule has 176 valence electrons. The van der Waals surface area contributed by atoms with E-state index >= 15 is 0 Å². The number of hydrogen-bond donors (Lipinski definition) is 0. The SMILES string of the molecule is COc1ccc(Cl)cc1N1C[C@@H](C(=O)Oc2ccc(N3C(=O)c4ccccc4C3=O)cc2)CC1=O. The van der Waals surface area contributed by atoms with Crippen LogP contribution in [-0.4, -0.2) is 37.3 Å². The van der Waals surface area contributed by atoms with Crippen LogP contribution in [0, 0.1) is 5.92 Å². The van der Waals surface area contributed by atoms with Crippen molar-refractivity contribution >= 4 is 46.7 Å². The van der Waals surface area contributed by atoms with Crippen LogP contribution in [0.4, 0.5) is 11.4 Å². The predicted molar refractivity (Wildman–Crippen MR) is 128 cm³/mol. The molecule has 5 rings (SSSR count). The molecule has 9 heteroatoms. The van der Waals surface area contributed by atoms with Gasteiger partial charge in [0, 0.05) is 18.0 Å². The molecule has 3 amide bonds. The van der Waals surface area contributed by atoms with Crippen molar-refractivity contribution in [3.8, 4) is 11.5 Å². The first-order valence-electron chi connectivity index (χ1n) is 10.8. The zero-order valence-corrected chi connectivity index (χ0v) is 19.3. The number of amides is 3. The number of carbonyl (C=O) groups excluding carboxylic acids is 4. The number of nitrogens with zero attached hydrogens (tertiary/aromatic N) is 2. The molecule has 0 bridgehead atoms. The molecule has 35 heavy (non-hydrogen) atoms. The summed E-state index contributed by atoms with van der Waals surface area (Å²) < 4.78 is 10.8. The summed E-state index contributed by atoms with van der Waals surface area (Å²) in [5, 5.41) is 0.442. The van der Waals surface area contributed by atoms with Crippen molar-refractivity contribution in [3.63, 3.8) is 0 Å². The number of methoxy groups -OCH3 is 1. The summed E-state index contributed by atoms with van der Waals surface area (Å²) in [6.07, 6.45) is -0.0123. The number of esters is 1. The highest BCUT2D eigenvalue weighted by atomic mass is 35.5. The van der Waals surface area contributed by atoms with Crippen molar-refractivity contribution in [1.29, 1.82) is 0 Å². The first kappa shape index (κ1) is 22.6. The Labute approximate surface area is 205 Å². The summed E-state index contributed by atoms with van der Waals surface area (Å²) in [7, 11) is 1.49. The van der Waals surface area contributed by atoms with Crippen molar-refractivity contribution in [3.05, 3.63) is 82.9 Å². The largest absolute Gasteiger partial charge is 0.495 e. The van der Waals surface area contributed by atoms with Crippen LogP contribution in [0.5, 0.6) is 11.5 Å². The van der Waals surface area contributed by atoms with Gasteiger partial charge in [0.1, 0.15) is 11.5 Å². The van der Waals surface area contributed by atoms with Gasteiger partial charge in [-0.2, -0.15) is 0 Å². The second-order valence-electron chi connectivity index (χ2n) is 8.13. The van der Waals surface area contributed by atoms with E-state index in [9.17, 15) is 19.2 Å². The number of carbonyl (C=O) groups is 4. The van der Waals surface area contributed by atoms with Crippen LogP contribution in [0.3, 0.4) is 0 Å². The molecule has 8 nitrogen and oxygen atoms in total. The summed E-state index contributed by atoms with van der Waals surface area (Å²) >= 11 is 6.08. The van der Waals surface area contributed by atoms with Crippen LogP contribution in [-0.2, 0) is 9.59 Å².